The Labute approximate surface area is 124 Å². The molecule has 2 aromatic rings. The van der Waals surface area contributed by atoms with Crippen LogP contribution in [-0.2, 0) is 4.79 Å². The second kappa shape index (κ2) is 4.93. The van der Waals surface area contributed by atoms with Crippen molar-refractivity contribution < 1.29 is 9.18 Å². The number of benzene rings is 2. The maximum absolute atomic E-state index is 13.7. The molecule has 0 unspecified atom stereocenters. The van der Waals surface area contributed by atoms with Crippen LogP contribution in [0.1, 0.15) is 11.1 Å². The third-order valence-corrected chi connectivity index (χ3v) is 3.49. The molecule has 5 heteroatoms. The Morgan fingerprint density at radius 3 is 2.55 bits per heavy atom. The summed E-state index contributed by atoms with van der Waals surface area (Å²) in [5, 5.41) is 3.63. The van der Waals surface area contributed by atoms with Crippen LogP contribution in [0.2, 0.25) is 10.0 Å². The Balaban J connectivity index is 2.13. The lowest BCUT2D eigenvalue weighted by molar-refractivity contribution is -0.110. The quantitative estimate of drug-likeness (QED) is 0.765. The van der Waals surface area contributed by atoms with Crippen LogP contribution in [0.25, 0.3) is 11.6 Å². The fraction of sp³-hybridized carbons (Fsp3) is 0. The predicted molar refractivity (Wildman–Crippen MR) is 79.4 cm³/mol. The van der Waals surface area contributed by atoms with Gasteiger partial charge in [0.05, 0.1) is 5.69 Å². The SMILES string of the molecule is O=C1Nc2cc(Cl)ccc2C1=Cc1cc(Cl)ccc1F. The number of halogens is 3. The Morgan fingerprint density at radius 1 is 1.05 bits per heavy atom. The molecule has 0 saturated carbocycles. The number of carbonyl (C=O) groups is 1. The summed E-state index contributed by atoms with van der Waals surface area (Å²) in [4.78, 5) is 12.0. The number of carbonyl (C=O) groups excluding carboxylic acids is 1. The van der Waals surface area contributed by atoms with Crippen LogP contribution in [0, 0.1) is 5.82 Å². The molecule has 2 aromatic carbocycles. The molecule has 2 nitrogen and oxygen atoms in total. The summed E-state index contributed by atoms with van der Waals surface area (Å²) in [6.45, 7) is 0. The molecule has 1 aliphatic heterocycles. The molecule has 1 amide bonds. The minimum Gasteiger partial charge on any atom is -0.321 e. The standard InChI is InChI=1S/C15H8Cl2FNO/c16-9-2-4-13(18)8(5-9)6-12-11-3-1-10(17)7-14(11)19-15(12)20/h1-7H,(H,19,20). The highest BCUT2D eigenvalue weighted by Gasteiger charge is 2.24. The summed E-state index contributed by atoms with van der Waals surface area (Å²) in [6, 6.07) is 9.27. The number of nitrogens with one attached hydrogen (secondary N) is 1. The Bertz CT molecular complexity index is 756. The van der Waals surface area contributed by atoms with E-state index in [1.54, 1.807) is 18.2 Å². The Hall–Kier alpha value is -1.84. The van der Waals surface area contributed by atoms with Crippen molar-refractivity contribution in [1.82, 2.24) is 0 Å². The van der Waals surface area contributed by atoms with Gasteiger partial charge in [-0.15, -0.1) is 0 Å². The lowest BCUT2D eigenvalue weighted by atomic mass is 10.0. The highest BCUT2D eigenvalue weighted by atomic mass is 35.5. The van der Waals surface area contributed by atoms with Crippen LogP contribution in [0.3, 0.4) is 0 Å². The number of hydrogen-bond donors (Lipinski definition) is 1. The average Bonchev–Trinajstić information content (AvgIpc) is 2.69. The summed E-state index contributed by atoms with van der Waals surface area (Å²) in [5.41, 5.74) is 1.97. The van der Waals surface area contributed by atoms with Gasteiger partial charge in [0.25, 0.3) is 5.91 Å². The van der Waals surface area contributed by atoms with Crippen molar-refractivity contribution >= 4 is 46.4 Å². The van der Waals surface area contributed by atoms with Gasteiger partial charge < -0.3 is 5.32 Å². The molecule has 0 aromatic heterocycles. The van der Waals surface area contributed by atoms with E-state index in [0.29, 0.717) is 26.9 Å². The highest BCUT2D eigenvalue weighted by Crippen LogP contribution is 2.35. The number of anilines is 1. The largest absolute Gasteiger partial charge is 0.321 e. The van der Waals surface area contributed by atoms with E-state index in [-0.39, 0.29) is 11.5 Å². The molecule has 0 saturated heterocycles. The van der Waals surface area contributed by atoms with Gasteiger partial charge in [-0.05, 0) is 36.4 Å². The van der Waals surface area contributed by atoms with E-state index in [1.807, 2.05) is 0 Å². The topological polar surface area (TPSA) is 29.1 Å². The summed E-state index contributed by atoms with van der Waals surface area (Å²) in [7, 11) is 0. The molecule has 1 heterocycles. The number of fused-ring (bicyclic) bond motifs is 1. The van der Waals surface area contributed by atoms with Crippen LogP contribution in [0.15, 0.2) is 36.4 Å². The van der Waals surface area contributed by atoms with Gasteiger partial charge in [-0.1, -0.05) is 29.3 Å². The van der Waals surface area contributed by atoms with Crippen molar-refractivity contribution in [3.05, 3.63) is 63.4 Å². The van der Waals surface area contributed by atoms with Crippen molar-refractivity contribution in [3.63, 3.8) is 0 Å². The van der Waals surface area contributed by atoms with Crippen molar-refractivity contribution in [1.29, 1.82) is 0 Å². The molecule has 20 heavy (non-hydrogen) atoms. The lowest BCUT2D eigenvalue weighted by Gasteiger charge is -2.01. The van der Waals surface area contributed by atoms with Gasteiger partial charge in [0.1, 0.15) is 5.82 Å². The van der Waals surface area contributed by atoms with Crippen LogP contribution in [0.4, 0.5) is 10.1 Å². The third-order valence-electron chi connectivity index (χ3n) is 3.02. The first-order valence-corrected chi connectivity index (χ1v) is 6.58. The molecule has 0 atom stereocenters. The van der Waals surface area contributed by atoms with Gasteiger partial charge in [0, 0.05) is 26.7 Å². The second-order valence-corrected chi connectivity index (χ2v) is 5.24. The van der Waals surface area contributed by atoms with E-state index in [0.717, 1.165) is 0 Å². The lowest BCUT2D eigenvalue weighted by Crippen LogP contribution is -2.03. The van der Waals surface area contributed by atoms with Crippen molar-refractivity contribution in [2.75, 3.05) is 5.32 Å². The maximum atomic E-state index is 13.7. The normalized spacial score (nSPS) is 15.3. The van der Waals surface area contributed by atoms with E-state index in [9.17, 15) is 9.18 Å². The van der Waals surface area contributed by atoms with E-state index in [2.05, 4.69) is 5.32 Å². The van der Waals surface area contributed by atoms with Crippen LogP contribution >= 0.6 is 23.2 Å². The summed E-state index contributed by atoms with van der Waals surface area (Å²) >= 11 is 11.7. The second-order valence-electron chi connectivity index (χ2n) is 4.37. The molecular weight excluding hydrogens is 300 g/mol. The fourth-order valence-corrected chi connectivity index (χ4v) is 2.44. The van der Waals surface area contributed by atoms with E-state index in [1.165, 1.54) is 24.3 Å². The number of amides is 1. The zero-order valence-corrected chi connectivity index (χ0v) is 11.6. The van der Waals surface area contributed by atoms with Gasteiger partial charge in [-0.3, -0.25) is 4.79 Å². The third kappa shape index (κ3) is 2.30. The zero-order valence-electron chi connectivity index (χ0n) is 10.1. The van der Waals surface area contributed by atoms with Crippen molar-refractivity contribution in [2.45, 2.75) is 0 Å². The molecule has 0 radical (unpaired) electrons. The van der Waals surface area contributed by atoms with Crippen molar-refractivity contribution in [2.24, 2.45) is 0 Å². The van der Waals surface area contributed by atoms with Gasteiger partial charge in [-0.25, -0.2) is 4.39 Å². The molecule has 0 bridgehead atoms. The average molecular weight is 308 g/mol. The first-order valence-electron chi connectivity index (χ1n) is 5.82. The van der Waals surface area contributed by atoms with Gasteiger partial charge in [0.2, 0.25) is 0 Å². The molecule has 1 N–H and O–H groups in total. The molecule has 0 fully saturated rings. The van der Waals surface area contributed by atoms with E-state index < -0.39 is 5.82 Å². The van der Waals surface area contributed by atoms with Gasteiger partial charge >= 0.3 is 0 Å². The summed E-state index contributed by atoms with van der Waals surface area (Å²) < 4.78 is 13.7. The van der Waals surface area contributed by atoms with E-state index >= 15 is 0 Å². The van der Waals surface area contributed by atoms with Gasteiger partial charge in [0.15, 0.2) is 0 Å². The van der Waals surface area contributed by atoms with Crippen LogP contribution in [-0.4, -0.2) is 5.91 Å². The van der Waals surface area contributed by atoms with E-state index in [4.69, 9.17) is 23.2 Å². The molecule has 0 aliphatic carbocycles. The summed E-state index contributed by atoms with van der Waals surface area (Å²) in [6.07, 6.45) is 1.48. The summed E-state index contributed by atoms with van der Waals surface area (Å²) in [5.74, 6) is -0.723. The fourth-order valence-electron chi connectivity index (χ4n) is 2.09. The maximum Gasteiger partial charge on any atom is 0.256 e. The molecule has 100 valence electrons. The molecule has 1 aliphatic rings. The Morgan fingerprint density at radius 2 is 1.75 bits per heavy atom. The minimum atomic E-state index is -0.433. The molecular formula is C15H8Cl2FNO. The van der Waals surface area contributed by atoms with Gasteiger partial charge in [-0.2, -0.15) is 0 Å². The predicted octanol–water partition coefficient (Wildman–Crippen LogP) is 4.63. The molecule has 0 spiro atoms. The first kappa shape index (κ1) is 13.2. The molecule has 3 rings (SSSR count). The zero-order chi connectivity index (χ0) is 14.3. The van der Waals surface area contributed by atoms with Crippen molar-refractivity contribution in [3.8, 4) is 0 Å². The smallest absolute Gasteiger partial charge is 0.256 e. The van der Waals surface area contributed by atoms with Crippen LogP contribution < -0.4 is 5.32 Å². The van der Waals surface area contributed by atoms with Crippen LogP contribution in [0.5, 0.6) is 0 Å². The number of hydrogen-bond acceptors (Lipinski definition) is 1. The monoisotopic (exact) mass is 307 g/mol. The first-order chi connectivity index (χ1) is 9.54. The minimum absolute atomic E-state index is 0.269. The Kier molecular flexibility index (Phi) is 3.24. The highest BCUT2D eigenvalue weighted by molar-refractivity contribution is 6.36. The number of rotatable bonds is 1.